The molecule has 0 spiro atoms. The van der Waals surface area contributed by atoms with Gasteiger partial charge in [-0.3, -0.25) is 9.48 Å². The number of amides is 1. The van der Waals surface area contributed by atoms with Gasteiger partial charge in [0, 0.05) is 43.9 Å². The molecular weight excluding hydrogens is 358 g/mol. The van der Waals surface area contributed by atoms with Gasteiger partial charge in [0.05, 0.1) is 25.4 Å². The summed E-state index contributed by atoms with van der Waals surface area (Å²) in [5, 5.41) is 11.7. The lowest BCUT2D eigenvalue weighted by Gasteiger charge is -2.26. The summed E-state index contributed by atoms with van der Waals surface area (Å²) >= 11 is 0. The Morgan fingerprint density at radius 2 is 2.29 bits per heavy atom. The Balaban J connectivity index is 1.42. The third-order valence-electron chi connectivity index (χ3n) is 4.83. The van der Waals surface area contributed by atoms with Crippen molar-refractivity contribution in [3.8, 4) is 5.75 Å². The van der Waals surface area contributed by atoms with Crippen molar-refractivity contribution in [2.75, 3.05) is 19.0 Å². The maximum Gasteiger partial charge on any atom is 0.224 e. The summed E-state index contributed by atoms with van der Waals surface area (Å²) in [6.45, 7) is 3.69. The number of nitrogens with one attached hydrogen (secondary N) is 1. The number of benzene rings is 1. The van der Waals surface area contributed by atoms with Crippen LogP contribution in [0.4, 0.5) is 11.5 Å². The molecule has 2 aromatic heterocycles. The maximum atomic E-state index is 12.7. The first-order chi connectivity index (χ1) is 13.6. The Morgan fingerprint density at radius 1 is 1.39 bits per heavy atom. The molecule has 1 aliphatic heterocycles. The van der Waals surface area contributed by atoms with E-state index in [2.05, 4.69) is 15.6 Å². The number of nitrogens with zero attached hydrogens (tertiary/aromatic N) is 4. The van der Waals surface area contributed by atoms with Crippen LogP contribution in [0.5, 0.6) is 5.75 Å². The van der Waals surface area contributed by atoms with Gasteiger partial charge in [-0.15, -0.1) is 0 Å². The average molecular weight is 381 g/mol. The van der Waals surface area contributed by atoms with Crippen molar-refractivity contribution < 1.29 is 14.1 Å². The molecule has 28 heavy (non-hydrogen) atoms. The first kappa shape index (κ1) is 18.1. The van der Waals surface area contributed by atoms with E-state index in [1.54, 1.807) is 18.0 Å². The van der Waals surface area contributed by atoms with E-state index in [4.69, 9.17) is 9.26 Å². The van der Waals surface area contributed by atoms with E-state index >= 15 is 0 Å². The fraction of sp³-hybridized carbons (Fsp3) is 0.350. The van der Waals surface area contributed by atoms with Crippen LogP contribution in [0.25, 0.3) is 0 Å². The number of hydrogen-bond acceptors (Lipinski definition) is 6. The molecule has 0 saturated heterocycles. The molecule has 4 rings (SSSR count). The van der Waals surface area contributed by atoms with E-state index in [0.29, 0.717) is 38.3 Å². The number of ether oxygens (including phenoxy) is 1. The molecule has 1 aromatic carbocycles. The SMILES string of the molecule is COc1cccc(Nc2noc3c2CN(C(=O)CCn2cc(C)cn2)CC3)c1. The summed E-state index contributed by atoms with van der Waals surface area (Å²) in [6.07, 6.45) is 4.82. The highest BCUT2D eigenvalue weighted by molar-refractivity contribution is 5.77. The topological polar surface area (TPSA) is 85.4 Å². The van der Waals surface area contributed by atoms with Gasteiger partial charge >= 0.3 is 0 Å². The number of fused-ring (bicyclic) bond motifs is 1. The lowest BCUT2D eigenvalue weighted by atomic mass is 10.1. The summed E-state index contributed by atoms with van der Waals surface area (Å²) in [7, 11) is 1.63. The van der Waals surface area contributed by atoms with Gasteiger partial charge in [0.15, 0.2) is 5.82 Å². The molecule has 3 heterocycles. The zero-order valence-corrected chi connectivity index (χ0v) is 16.0. The molecule has 0 aliphatic carbocycles. The summed E-state index contributed by atoms with van der Waals surface area (Å²) in [4.78, 5) is 14.5. The number of rotatable bonds is 6. The molecule has 0 saturated carbocycles. The van der Waals surface area contributed by atoms with Crippen LogP contribution in [0.15, 0.2) is 41.2 Å². The quantitative estimate of drug-likeness (QED) is 0.707. The number of carbonyl (C=O) groups is 1. The fourth-order valence-electron chi connectivity index (χ4n) is 3.32. The van der Waals surface area contributed by atoms with Crippen molar-refractivity contribution in [1.82, 2.24) is 19.8 Å². The molecular formula is C20H23N5O3. The lowest BCUT2D eigenvalue weighted by molar-refractivity contribution is -0.132. The summed E-state index contributed by atoms with van der Waals surface area (Å²) in [5.41, 5.74) is 2.87. The van der Waals surface area contributed by atoms with Gasteiger partial charge in [-0.2, -0.15) is 5.10 Å². The van der Waals surface area contributed by atoms with Crippen LogP contribution in [0.2, 0.25) is 0 Å². The highest BCUT2D eigenvalue weighted by atomic mass is 16.5. The van der Waals surface area contributed by atoms with E-state index in [0.717, 1.165) is 28.3 Å². The predicted molar refractivity (Wildman–Crippen MR) is 103 cm³/mol. The van der Waals surface area contributed by atoms with Gasteiger partial charge in [-0.1, -0.05) is 11.2 Å². The van der Waals surface area contributed by atoms with Crippen molar-refractivity contribution in [2.24, 2.45) is 0 Å². The summed E-state index contributed by atoms with van der Waals surface area (Å²) in [5.74, 6) is 2.33. The Morgan fingerprint density at radius 3 is 3.07 bits per heavy atom. The maximum absolute atomic E-state index is 12.7. The largest absolute Gasteiger partial charge is 0.497 e. The van der Waals surface area contributed by atoms with Crippen molar-refractivity contribution in [1.29, 1.82) is 0 Å². The molecule has 0 unspecified atom stereocenters. The van der Waals surface area contributed by atoms with E-state index in [9.17, 15) is 4.79 Å². The Bertz CT molecular complexity index is 978. The number of aromatic nitrogens is 3. The summed E-state index contributed by atoms with van der Waals surface area (Å²) in [6, 6.07) is 7.60. The summed E-state index contributed by atoms with van der Waals surface area (Å²) < 4.78 is 12.5. The molecule has 1 N–H and O–H groups in total. The molecule has 0 atom stereocenters. The Labute approximate surface area is 163 Å². The number of aryl methyl sites for hydroxylation is 2. The Kier molecular flexibility index (Phi) is 5.01. The highest BCUT2D eigenvalue weighted by Crippen LogP contribution is 2.29. The highest BCUT2D eigenvalue weighted by Gasteiger charge is 2.27. The minimum atomic E-state index is 0.104. The van der Waals surface area contributed by atoms with E-state index in [1.807, 2.05) is 42.3 Å². The van der Waals surface area contributed by atoms with Crippen LogP contribution < -0.4 is 10.1 Å². The van der Waals surface area contributed by atoms with E-state index in [1.165, 1.54) is 0 Å². The van der Waals surface area contributed by atoms with Gasteiger partial charge in [-0.25, -0.2) is 0 Å². The monoisotopic (exact) mass is 381 g/mol. The minimum Gasteiger partial charge on any atom is -0.497 e. The second-order valence-corrected chi connectivity index (χ2v) is 6.89. The molecule has 0 radical (unpaired) electrons. The van der Waals surface area contributed by atoms with Crippen LogP contribution in [-0.2, 0) is 24.3 Å². The van der Waals surface area contributed by atoms with Crippen LogP contribution >= 0.6 is 0 Å². The van der Waals surface area contributed by atoms with Gasteiger partial charge in [0.1, 0.15) is 11.5 Å². The van der Waals surface area contributed by atoms with Crippen molar-refractivity contribution in [3.63, 3.8) is 0 Å². The van der Waals surface area contributed by atoms with Crippen molar-refractivity contribution in [2.45, 2.75) is 32.9 Å². The predicted octanol–water partition coefficient (Wildman–Crippen LogP) is 2.91. The Hall–Kier alpha value is -3.29. The number of hydrogen-bond donors (Lipinski definition) is 1. The van der Waals surface area contributed by atoms with Crippen molar-refractivity contribution >= 4 is 17.4 Å². The van der Waals surface area contributed by atoms with Crippen molar-refractivity contribution in [3.05, 3.63) is 53.5 Å². The standard InChI is InChI=1S/C20H23N5O3/c1-14-11-21-25(12-14)9-7-19(26)24-8-6-18-17(13-24)20(23-28-18)22-15-4-3-5-16(10-15)27-2/h3-5,10-12H,6-9,13H2,1-2H3,(H,22,23). The molecule has 1 amide bonds. The molecule has 0 bridgehead atoms. The first-order valence-corrected chi connectivity index (χ1v) is 9.27. The molecule has 8 heteroatoms. The third kappa shape index (κ3) is 3.85. The van der Waals surface area contributed by atoms with Crippen LogP contribution in [0, 0.1) is 6.92 Å². The average Bonchev–Trinajstić information content (AvgIpc) is 3.32. The minimum absolute atomic E-state index is 0.104. The second-order valence-electron chi connectivity index (χ2n) is 6.89. The zero-order chi connectivity index (χ0) is 19.5. The van der Waals surface area contributed by atoms with E-state index < -0.39 is 0 Å². The number of anilines is 2. The molecule has 146 valence electrons. The number of carbonyl (C=O) groups excluding carboxylic acids is 1. The van der Waals surface area contributed by atoms with E-state index in [-0.39, 0.29) is 5.91 Å². The second kappa shape index (κ2) is 7.75. The fourth-order valence-corrected chi connectivity index (χ4v) is 3.32. The van der Waals surface area contributed by atoms with Gasteiger partial charge in [0.2, 0.25) is 5.91 Å². The first-order valence-electron chi connectivity index (χ1n) is 9.27. The number of methoxy groups -OCH3 is 1. The zero-order valence-electron chi connectivity index (χ0n) is 16.0. The lowest BCUT2D eigenvalue weighted by Crippen LogP contribution is -2.36. The van der Waals surface area contributed by atoms with Crippen LogP contribution in [0.1, 0.15) is 23.3 Å². The third-order valence-corrected chi connectivity index (χ3v) is 4.83. The molecule has 1 aliphatic rings. The smallest absolute Gasteiger partial charge is 0.224 e. The molecule has 8 nitrogen and oxygen atoms in total. The normalized spacial score (nSPS) is 13.3. The molecule has 0 fully saturated rings. The van der Waals surface area contributed by atoms with Crippen LogP contribution in [0.3, 0.4) is 0 Å². The molecule has 3 aromatic rings. The van der Waals surface area contributed by atoms with Gasteiger partial charge in [0.25, 0.3) is 0 Å². The van der Waals surface area contributed by atoms with Gasteiger partial charge < -0.3 is 19.5 Å². The van der Waals surface area contributed by atoms with Crippen LogP contribution in [-0.4, -0.2) is 39.4 Å². The van der Waals surface area contributed by atoms with Gasteiger partial charge in [-0.05, 0) is 24.6 Å².